The van der Waals surface area contributed by atoms with Crippen LogP contribution in [0.2, 0.25) is 5.02 Å². The van der Waals surface area contributed by atoms with E-state index in [2.05, 4.69) is 40.2 Å². The third kappa shape index (κ3) is 6.98. The molecule has 0 bridgehead atoms. The van der Waals surface area contributed by atoms with E-state index in [0.29, 0.717) is 48.0 Å². The Morgan fingerprint density at radius 3 is 2.30 bits per heavy atom. The largest absolute Gasteiger partial charge is 0.374 e. The van der Waals surface area contributed by atoms with Gasteiger partial charge >= 0.3 is 6.03 Å². The van der Waals surface area contributed by atoms with E-state index >= 15 is 0 Å². The minimum Gasteiger partial charge on any atom is -0.374 e. The summed E-state index contributed by atoms with van der Waals surface area (Å²) in [7, 11) is 0. The smallest absolute Gasteiger partial charge is 0.319 e. The van der Waals surface area contributed by atoms with Crippen LogP contribution in [0.1, 0.15) is 35.1 Å². The summed E-state index contributed by atoms with van der Waals surface area (Å²) in [4.78, 5) is 26.1. The molecule has 8 heteroatoms. The summed E-state index contributed by atoms with van der Waals surface area (Å²) in [6.07, 6.45) is 0.702. The number of halogens is 1. The minimum absolute atomic E-state index is 0.0566. The zero-order chi connectivity index (χ0) is 26.0. The standard InChI is InChI=1S/C29H31ClN4O3/c30-23-13-7-12-22(18-23)27-26(25(19-37-17-15-31)33-29(36)34-27)28(35)32-16-14-24(20-8-3-1-4-9-20)21-10-5-2-6-11-21/h1-13,18,24,27H,14-17,19,31H2,(H,32,35)(H2,33,34,36). The Labute approximate surface area is 222 Å². The molecule has 7 nitrogen and oxygen atoms in total. The average molecular weight is 519 g/mol. The summed E-state index contributed by atoms with van der Waals surface area (Å²) < 4.78 is 5.59. The molecule has 3 aromatic rings. The number of amides is 3. The van der Waals surface area contributed by atoms with Gasteiger partial charge in [0.05, 0.1) is 30.5 Å². The van der Waals surface area contributed by atoms with Gasteiger partial charge in [0.1, 0.15) is 0 Å². The lowest BCUT2D eigenvalue weighted by Crippen LogP contribution is -2.48. The predicted molar refractivity (Wildman–Crippen MR) is 145 cm³/mol. The second kappa shape index (κ2) is 13.1. The first-order chi connectivity index (χ1) is 18.1. The fraction of sp³-hybridized carbons (Fsp3) is 0.241. The normalized spacial score (nSPS) is 15.3. The Hall–Kier alpha value is -3.65. The highest BCUT2D eigenvalue weighted by Crippen LogP contribution is 2.30. The lowest BCUT2D eigenvalue weighted by molar-refractivity contribution is -0.118. The summed E-state index contributed by atoms with van der Waals surface area (Å²) in [6, 6.07) is 26.5. The molecule has 1 aliphatic rings. The third-order valence-electron chi connectivity index (χ3n) is 6.21. The van der Waals surface area contributed by atoms with Gasteiger partial charge in [-0.05, 0) is 35.2 Å². The maximum absolute atomic E-state index is 13.6. The first kappa shape index (κ1) is 26.4. The molecule has 0 saturated carbocycles. The molecule has 3 aromatic carbocycles. The molecule has 5 N–H and O–H groups in total. The van der Waals surface area contributed by atoms with Crippen LogP contribution in [0.4, 0.5) is 4.79 Å². The van der Waals surface area contributed by atoms with E-state index in [9.17, 15) is 9.59 Å². The number of ether oxygens (including phenoxy) is 1. The minimum atomic E-state index is -0.678. The van der Waals surface area contributed by atoms with Gasteiger partial charge in [-0.1, -0.05) is 84.4 Å². The van der Waals surface area contributed by atoms with E-state index in [0.717, 1.165) is 0 Å². The summed E-state index contributed by atoms with van der Waals surface area (Å²) in [5, 5.41) is 9.18. The zero-order valence-corrected chi connectivity index (χ0v) is 21.2. The Bertz CT molecular complexity index is 1190. The molecule has 0 fully saturated rings. The van der Waals surface area contributed by atoms with Crippen molar-refractivity contribution in [3.8, 4) is 0 Å². The number of carbonyl (C=O) groups is 2. The molecule has 1 atom stereocenters. The molecule has 0 aliphatic carbocycles. The van der Waals surface area contributed by atoms with Crippen LogP contribution in [0.25, 0.3) is 0 Å². The summed E-state index contributed by atoms with van der Waals surface area (Å²) in [5.41, 5.74) is 9.41. The van der Waals surface area contributed by atoms with Crippen molar-refractivity contribution in [1.29, 1.82) is 0 Å². The zero-order valence-electron chi connectivity index (χ0n) is 20.5. The van der Waals surface area contributed by atoms with Gasteiger partial charge in [-0.2, -0.15) is 0 Å². The molecule has 192 valence electrons. The Kier molecular flexibility index (Phi) is 9.32. The van der Waals surface area contributed by atoms with Gasteiger partial charge < -0.3 is 26.4 Å². The van der Waals surface area contributed by atoms with Crippen LogP contribution < -0.4 is 21.7 Å². The van der Waals surface area contributed by atoms with Gasteiger partial charge in [-0.25, -0.2) is 4.79 Å². The second-order valence-electron chi connectivity index (χ2n) is 8.74. The number of nitrogens with one attached hydrogen (secondary N) is 3. The van der Waals surface area contributed by atoms with E-state index in [1.54, 1.807) is 18.2 Å². The quantitative estimate of drug-likeness (QED) is 0.285. The molecule has 0 spiro atoms. The van der Waals surface area contributed by atoms with Crippen molar-refractivity contribution in [2.75, 3.05) is 26.3 Å². The third-order valence-corrected chi connectivity index (χ3v) is 6.45. The molecule has 1 aliphatic heterocycles. The summed E-state index contributed by atoms with van der Waals surface area (Å²) >= 11 is 6.22. The van der Waals surface area contributed by atoms with E-state index in [4.69, 9.17) is 22.1 Å². The Balaban J connectivity index is 1.57. The maximum Gasteiger partial charge on any atom is 0.319 e. The van der Waals surface area contributed by atoms with Gasteiger partial charge in [0.2, 0.25) is 0 Å². The van der Waals surface area contributed by atoms with Gasteiger partial charge in [0.15, 0.2) is 0 Å². The van der Waals surface area contributed by atoms with Gasteiger partial charge in [-0.3, -0.25) is 4.79 Å². The number of benzene rings is 3. The Morgan fingerprint density at radius 2 is 1.68 bits per heavy atom. The molecule has 1 unspecified atom stereocenters. The van der Waals surface area contributed by atoms with Crippen molar-refractivity contribution in [3.05, 3.63) is 118 Å². The number of urea groups is 1. The highest BCUT2D eigenvalue weighted by atomic mass is 35.5. The first-order valence-corrected chi connectivity index (χ1v) is 12.7. The van der Waals surface area contributed by atoms with Gasteiger partial charge in [0, 0.05) is 24.0 Å². The van der Waals surface area contributed by atoms with E-state index in [1.807, 2.05) is 42.5 Å². The second-order valence-corrected chi connectivity index (χ2v) is 9.17. The predicted octanol–water partition coefficient (Wildman–Crippen LogP) is 4.26. The molecule has 4 rings (SSSR count). The van der Waals surface area contributed by atoms with E-state index in [-0.39, 0.29) is 18.4 Å². The molecule has 1 heterocycles. The highest BCUT2D eigenvalue weighted by molar-refractivity contribution is 6.30. The SMILES string of the molecule is NCCOCC1=C(C(=O)NCCC(c2ccccc2)c2ccccc2)C(c2cccc(Cl)c2)NC(=O)N1. The van der Waals surface area contributed by atoms with Crippen LogP contribution in [0, 0.1) is 0 Å². The lowest BCUT2D eigenvalue weighted by atomic mass is 9.88. The van der Waals surface area contributed by atoms with Crippen LogP contribution in [-0.4, -0.2) is 38.2 Å². The molecule has 37 heavy (non-hydrogen) atoms. The van der Waals surface area contributed by atoms with Crippen molar-refractivity contribution >= 4 is 23.5 Å². The van der Waals surface area contributed by atoms with E-state index in [1.165, 1.54) is 11.1 Å². The highest BCUT2D eigenvalue weighted by Gasteiger charge is 2.33. The molecular formula is C29H31ClN4O3. The maximum atomic E-state index is 13.6. The lowest BCUT2D eigenvalue weighted by Gasteiger charge is -2.30. The number of nitrogens with two attached hydrogens (primary N) is 1. The molecule has 0 radical (unpaired) electrons. The number of hydrogen-bond donors (Lipinski definition) is 4. The van der Waals surface area contributed by atoms with Crippen molar-refractivity contribution in [3.63, 3.8) is 0 Å². The summed E-state index contributed by atoms with van der Waals surface area (Å²) in [5.74, 6) is -0.166. The molecule has 0 saturated heterocycles. The summed E-state index contributed by atoms with van der Waals surface area (Å²) in [6.45, 7) is 1.13. The fourth-order valence-corrected chi connectivity index (χ4v) is 4.71. The topological polar surface area (TPSA) is 105 Å². The van der Waals surface area contributed by atoms with Crippen LogP contribution in [0.3, 0.4) is 0 Å². The van der Waals surface area contributed by atoms with Crippen molar-refractivity contribution in [2.24, 2.45) is 5.73 Å². The molecular weight excluding hydrogens is 488 g/mol. The number of rotatable bonds is 11. The van der Waals surface area contributed by atoms with Crippen LogP contribution in [-0.2, 0) is 9.53 Å². The van der Waals surface area contributed by atoms with Crippen LogP contribution in [0.5, 0.6) is 0 Å². The van der Waals surface area contributed by atoms with Crippen molar-refractivity contribution < 1.29 is 14.3 Å². The number of carbonyl (C=O) groups excluding carboxylic acids is 2. The van der Waals surface area contributed by atoms with Gasteiger partial charge in [-0.15, -0.1) is 0 Å². The van der Waals surface area contributed by atoms with Crippen molar-refractivity contribution in [2.45, 2.75) is 18.4 Å². The van der Waals surface area contributed by atoms with Gasteiger partial charge in [0.25, 0.3) is 5.91 Å². The molecule has 0 aromatic heterocycles. The molecule has 3 amide bonds. The fourth-order valence-electron chi connectivity index (χ4n) is 4.52. The van der Waals surface area contributed by atoms with Crippen LogP contribution >= 0.6 is 11.6 Å². The first-order valence-electron chi connectivity index (χ1n) is 12.3. The number of hydrogen-bond acceptors (Lipinski definition) is 4. The Morgan fingerprint density at radius 1 is 1.00 bits per heavy atom. The van der Waals surface area contributed by atoms with Crippen LogP contribution in [0.15, 0.2) is 96.2 Å². The average Bonchev–Trinajstić information content (AvgIpc) is 2.92. The van der Waals surface area contributed by atoms with E-state index < -0.39 is 12.1 Å². The van der Waals surface area contributed by atoms with Crippen molar-refractivity contribution in [1.82, 2.24) is 16.0 Å². The monoisotopic (exact) mass is 518 g/mol.